The summed E-state index contributed by atoms with van der Waals surface area (Å²) in [6, 6.07) is 11.4. The summed E-state index contributed by atoms with van der Waals surface area (Å²) in [4.78, 5) is 24.6. The fraction of sp³-hybridized carbons (Fsp3) is 0.294. The lowest BCUT2D eigenvalue weighted by Gasteiger charge is -2.23. The van der Waals surface area contributed by atoms with E-state index in [1.165, 1.54) is 18.4 Å². The highest BCUT2D eigenvalue weighted by Gasteiger charge is 2.33. The van der Waals surface area contributed by atoms with E-state index in [0.717, 1.165) is 0 Å². The lowest BCUT2D eigenvalue weighted by atomic mass is 10.2. The monoisotopic (exact) mass is 354 g/mol. The van der Waals surface area contributed by atoms with Gasteiger partial charge in [0.15, 0.2) is 0 Å². The van der Waals surface area contributed by atoms with Crippen LogP contribution in [-0.2, 0) is 11.3 Å². The first kappa shape index (κ1) is 18.6. The Morgan fingerprint density at radius 1 is 1.08 bits per heavy atom. The molecule has 1 aromatic heterocycles. The Labute approximate surface area is 142 Å². The van der Waals surface area contributed by atoms with Gasteiger partial charge in [0.1, 0.15) is 12.3 Å². The van der Waals surface area contributed by atoms with Crippen LogP contribution in [0.15, 0.2) is 53.1 Å². The number of carbonyl (C=O) groups is 2. The van der Waals surface area contributed by atoms with Crippen LogP contribution in [0.3, 0.4) is 0 Å². The minimum atomic E-state index is -4.52. The number of benzene rings is 1. The Morgan fingerprint density at radius 3 is 2.40 bits per heavy atom. The van der Waals surface area contributed by atoms with Gasteiger partial charge >= 0.3 is 6.18 Å². The SMILES string of the molecule is O=C(NCCC(=O)N(Cc1ccco1)CC(F)(F)F)c1ccccc1. The average Bonchev–Trinajstić information content (AvgIpc) is 3.06. The smallest absolute Gasteiger partial charge is 0.406 e. The van der Waals surface area contributed by atoms with Crippen molar-refractivity contribution in [2.75, 3.05) is 13.1 Å². The summed E-state index contributed by atoms with van der Waals surface area (Å²) >= 11 is 0. The summed E-state index contributed by atoms with van der Waals surface area (Å²) in [5.74, 6) is -0.852. The van der Waals surface area contributed by atoms with Crippen molar-refractivity contribution >= 4 is 11.8 Å². The van der Waals surface area contributed by atoms with Gasteiger partial charge in [0.05, 0.1) is 12.8 Å². The largest absolute Gasteiger partial charge is 0.467 e. The summed E-state index contributed by atoms with van der Waals surface area (Å²) in [5, 5.41) is 2.52. The number of alkyl halides is 3. The van der Waals surface area contributed by atoms with Crippen LogP contribution in [0.1, 0.15) is 22.5 Å². The number of hydrogen-bond donors (Lipinski definition) is 1. The molecule has 2 aromatic rings. The van der Waals surface area contributed by atoms with Crippen LogP contribution < -0.4 is 5.32 Å². The molecular weight excluding hydrogens is 337 g/mol. The fourth-order valence-corrected chi connectivity index (χ4v) is 2.17. The molecule has 0 aliphatic carbocycles. The third-order valence-electron chi connectivity index (χ3n) is 3.31. The van der Waals surface area contributed by atoms with Crippen molar-refractivity contribution in [3.8, 4) is 0 Å². The molecule has 1 aromatic carbocycles. The molecule has 0 saturated carbocycles. The molecule has 134 valence electrons. The molecule has 0 fully saturated rings. The molecule has 0 saturated heterocycles. The molecule has 0 unspecified atom stereocenters. The average molecular weight is 354 g/mol. The summed E-state index contributed by atoms with van der Waals surface area (Å²) in [6.07, 6.45) is -3.43. The molecule has 0 aliphatic rings. The third kappa shape index (κ3) is 6.33. The van der Waals surface area contributed by atoms with Crippen molar-refractivity contribution in [3.63, 3.8) is 0 Å². The standard InChI is InChI=1S/C17H17F3N2O3/c18-17(19,20)12-22(11-14-7-4-10-25-14)15(23)8-9-21-16(24)13-5-2-1-3-6-13/h1-7,10H,8-9,11-12H2,(H,21,24). The number of hydrogen-bond acceptors (Lipinski definition) is 3. The molecule has 0 atom stereocenters. The first-order valence-corrected chi connectivity index (χ1v) is 7.55. The Balaban J connectivity index is 1.89. The van der Waals surface area contributed by atoms with E-state index in [1.807, 2.05) is 0 Å². The maximum Gasteiger partial charge on any atom is 0.406 e. The van der Waals surface area contributed by atoms with Crippen LogP contribution in [0.2, 0.25) is 0 Å². The molecule has 0 spiro atoms. The summed E-state index contributed by atoms with van der Waals surface area (Å²) in [5.41, 5.74) is 0.415. The zero-order valence-electron chi connectivity index (χ0n) is 13.3. The molecular formula is C17H17F3N2O3. The second-order valence-corrected chi connectivity index (χ2v) is 5.32. The molecule has 5 nitrogen and oxygen atoms in total. The lowest BCUT2D eigenvalue weighted by molar-refractivity contribution is -0.162. The summed E-state index contributed by atoms with van der Waals surface area (Å²) in [6.45, 7) is -1.71. The summed E-state index contributed by atoms with van der Waals surface area (Å²) < 4.78 is 43.0. The Morgan fingerprint density at radius 2 is 1.80 bits per heavy atom. The molecule has 8 heteroatoms. The molecule has 0 radical (unpaired) electrons. The molecule has 1 heterocycles. The van der Waals surface area contributed by atoms with Gasteiger partial charge in [-0.1, -0.05) is 18.2 Å². The zero-order valence-corrected chi connectivity index (χ0v) is 13.3. The van der Waals surface area contributed by atoms with E-state index in [1.54, 1.807) is 30.3 Å². The normalized spacial score (nSPS) is 11.2. The Kier molecular flexibility index (Phi) is 6.21. The van der Waals surface area contributed by atoms with Gasteiger partial charge in [-0.25, -0.2) is 0 Å². The molecule has 0 aliphatic heterocycles. The van der Waals surface area contributed by atoms with Crippen molar-refractivity contribution in [2.45, 2.75) is 19.1 Å². The van der Waals surface area contributed by atoms with Gasteiger partial charge in [-0.05, 0) is 24.3 Å². The van der Waals surface area contributed by atoms with Gasteiger partial charge < -0.3 is 14.6 Å². The predicted octanol–water partition coefficient (Wildman–Crippen LogP) is 2.99. The number of rotatable bonds is 7. The van der Waals surface area contributed by atoms with E-state index in [4.69, 9.17) is 4.42 Å². The van der Waals surface area contributed by atoms with Gasteiger partial charge in [-0.15, -0.1) is 0 Å². The minimum absolute atomic E-state index is 0.0565. The van der Waals surface area contributed by atoms with E-state index in [9.17, 15) is 22.8 Å². The molecule has 2 amide bonds. The van der Waals surface area contributed by atoms with Crippen LogP contribution in [0.25, 0.3) is 0 Å². The van der Waals surface area contributed by atoms with Gasteiger partial charge in [-0.2, -0.15) is 13.2 Å². The summed E-state index contributed by atoms with van der Waals surface area (Å²) in [7, 11) is 0. The third-order valence-corrected chi connectivity index (χ3v) is 3.31. The topological polar surface area (TPSA) is 62.6 Å². The number of nitrogens with one attached hydrogen (secondary N) is 1. The van der Waals surface area contributed by atoms with E-state index >= 15 is 0 Å². The van der Waals surface area contributed by atoms with E-state index < -0.39 is 18.6 Å². The van der Waals surface area contributed by atoms with Gasteiger partial charge in [0.25, 0.3) is 5.91 Å². The minimum Gasteiger partial charge on any atom is -0.467 e. The highest BCUT2D eigenvalue weighted by atomic mass is 19.4. The highest BCUT2D eigenvalue weighted by molar-refractivity contribution is 5.94. The number of carbonyl (C=O) groups excluding carboxylic acids is 2. The number of halogens is 3. The quantitative estimate of drug-likeness (QED) is 0.831. The first-order chi connectivity index (χ1) is 11.8. The van der Waals surface area contributed by atoms with Crippen molar-refractivity contribution in [3.05, 3.63) is 60.1 Å². The number of amides is 2. The van der Waals surface area contributed by atoms with Gasteiger partial charge in [-0.3, -0.25) is 9.59 Å². The lowest BCUT2D eigenvalue weighted by Crippen LogP contribution is -2.40. The van der Waals surface area contributed by atoms with Crippen molar-refractivity contribution in [1.29, 1.82) is 0 Å². The maximum absolute atomic E-state index is 12.7. The van der Waals surface area contributed by atoms with E-state index in [0.29, 0.717) is 10.5 Å². The van der Waals surface area contributed by atoms with E-state index in [-0.39, 0.29) is 31.2 Å². The van der Waals surface area contributed by atoms with Crippen molar-refractivity contribution < 1.29 is 27.2 Å². The Bertz CT molecular complexity index is 685. The van der Waals surface area contributed by atoms with Crippen LogP contribution in [0.4, 0.5) is 13.2 Å². The second kappa shape index (κ2) is 8.36. The zero-order chi connectivity index (χ0) is 18.3. The molecule has 1 N–H and O–H groups in total. The fourth-order valence-electron chi connectivity index (χ4n) is 2.17. The second-order valence-electron chi connectivity index (χ2n) is 5.32. The molecule has 25 heavy (non-hydrogen) atoms. The predicted molar refractivity (Wildman–Crippen MR) is 83.6 cm³/mol. The number of nitrogens with zero attached hydrogens (tertiary/aromatic N) is 1. The maximum atomic E-state index is 12.7. The van der Waals surface area contributed by atoms with Crippen LogP contribution in [0.5, 0.6) is 0 Å². The van der Waals surface area contributed by atoms with Gasteiger partial charge in [0.2, 0.25) is 5.91 Å². The number of furan rings is 1. The van der Waals surface area contributed by atoms with Crippen LogP contribution in [0, 0.1) is 0 Å². The van der Waals surface area contributed by atoms with Gasteiger partial charge in [0, 0.05) is 18.5 Å². The van der Waals surface area contributed by atoms with E-state index in [2.05, 4.69) is 5.32 Å². The Hall–Kier alpha value is -2.77. The molecule has 2 rings (SSSR count). The van der Waals surface area contributed by atoms with Crippen molar-refractivity contribution in [2.24, 2.45) is 0 Å². The highest BCUT2D eigenvalue weighted by Crippen LogP contribution is 2.19. The van der Waals surface area contributed by atoms with Crippen LogP contribution in [-0.4, -0.2) is 36.0 Å². The van der Waals surface area contributed by atoms with Crippen LogP contribution >= 0.6 is 0 Å². The first-order valence-electron chi connectivity index (χ1n) is 7.55. The molecule has 0 bridgehead atoms. The van der Waals surface area contributed by atoms with Crippen molar-refractivity contribution in [1.82, 2.24) is 10.2 Å².